The molecule has 0 atom stereocenters. The third kappa shape index (κ3) is 6.48. The lowest BCUT2D eigenvalue weighted by atomic mass is 9.73. The first-order valence-corrected chi connectivity index (χ1v) is 13.7. The van der Waals surface area contributed by atoms with Gasteiger partial charge < -0.3 is 9.64 Å². The number of aryl methyl sites for hydroxylation is 1. The molecule has 0 unspecified atom stereocenters. The van der Waals surface area contributed by atoms with Crippen LogP contribution in [0.1, 0.15) is 37.7 Å². The molecule has 7 nitrogen and oxygen atoms in total. The Morgan fingerprint density at radius 1 is 1.22 bits per heavy atom. The summed E-state index contributed by atoms with van der Waals surface area (Å²) in [5, 5.41) is 11.1. The first kappa shape index (κ1) is 26.7. The van der Waals surface area contributed by atoms with Crippen LogP contribution in [0.3, 0.4) is 0 Å². The van der Waals surface area contributed by atoms with Gasteiger partial charge in [-0.05, 0) is 99.8 Å². The van der Waals surface area contributed by atoms with Crippen molar-refractivity contribution in [2.75, 3.05) is 32.5 Å². The number of benzene rings is 1. The number of likely N-dealkylation sites (tertiary alicyclic amines) is 1. The van der Waals surface area contributed by atoms with Gasteiger partial charge in [-0.25, -0.2) is 5.48 Å². The van der Waals surface area contributed by atoms with E-state index in [1.165, 1.54) is 4.90 Å². The molecule has 192 valence electrons. The molecule has 3 heterocycles. The summed E-state index contributed by atoms with van der Waals surface area (Å²) < 4.78 is 5.39. The molecule has 0 saturated carbocycles. The Kier molecular flexibility index (Phi) is 9.42. The van der Waals surface area contributed by atoms with Gasteiger partial charge in [0.25, 0.3) is 0 Å². The summed E-state index contributed by atoms with van der Waals surface area (Å²) in [5.41, 5.74) is 3.27. The molecule has 4 rings (SSSR count). The molecule has 0 bridgehead atoms. The van der Waals surface area contributed by atoms with Gasteiger partial charge in [0, 0.05) is 28.9 Å². The lowest BCUT2D eigenvalue weighted by molar-refractivity contribution is -0.143. The van der Waals surface area contributed by atoms with Crippen LogP contribution in [0.2, 0.25) is 5.02 Å². The van der Waals surface area contributed by atoms with Gasteiger partial charge in [-0.1, -0.05) is 11.6 Å². The fourth-order valence-corrected chi connectivity index (χ4v) is 6.08. The summed E-state index contributed by atoms with van der Waals surface area (Å²) >= 11 is 8.37. The zero-order chi connectivity index (χ0) is 25.4. The molecule has 3 aromatic rings. The smallest absolute Gasteiger partial charge is 0.249 e. The number of rotatable bonds is 11. The second kappa shape index (κ2) is 12.7. The van der Waals surface area contributed by atoms with Crippen molar-refractivity contribution >= 4 is 40.2 Å². The van der Waals surface area contributed by atoms with Crippen LogP contribution >= 0.6 is 23.4 Å². The number of aromatic nitrogens is 2. The molecule has 1 aliphatic heterocycles. The number of ether oxygens (including phenoxy) is 1. The maximum absolute atomic E-state index is 12.8. The van der Waals surface area contributed by atoms with Crippen molar-refractivity contribution in [1.29, 1.82) is 0 Å². The van der Waals surface area contributed by atoms with E-state index in [2.05, 4.69) is 14.9 Å². The summed E-state index contributed by atoms with van der Waals surface area (Å²) in [6.45, 7) is 2.71. The second-order valence-corrected chi connectivity index (χ2v) is 10.8. The number of hydrogen-bond donors (Lipinski definition) is 2. The van der Waals surface area contributed by atoms with Gasteiger partial charge in [0.05, 0.1) is 23.1 Å². The van der Waals surface area contributed by atoms with Crippen LogP contribution in [-0.4, -0.2) is 58.5 Å². The summed E-state index contributed by atoms with van der Waals surface area (Å²) in [7, 11) is 1.64. The lowest BCUT2D eigenvalue weighted by Gasteiger charge is -2.40. The molecule has 1 amide bonds. The maximum atomic E-state index is 12.8. The highest BCUT2D eigenvalue weighted by atomic mass is 35.5. The molecule has 0 aliphatic carbocycles. The zero-order valence-electron chi connectivity index (χ0n) is 20.6. The molecule has 36 heavy (non-hydrogen) atoms. The molecule has 1 fully saturated rings. The number of hydroxylamine groups is 1. The topological polar surface area (TPSA) is 87.6 Å². The minimum Gasteiger partial charge on any atom is -0.497 e. The van der Waals surface area contributed by atoms with Crippen molar-refractivity contribution in [3.8, 4) is 5.75 Å². The average Bonchev–Trinajstić information content (AvgIpc) is 2.93. The van der Waals surface area contributed by atoms with E-state index in [1.807, 2.05) is 60.0 Å². The number of carbonyl (C=O) groups excluding carboxylic acids is 1. The lowest BCUT2D eigenvalue weighted by Crippen LogP contribution is -2.48. The molecule has 1 aliphatic rings. The Labute approximate surface area is 221 Å². The van der Waals surface area contributed by atoms with Crippen LogP contribution in [0, 0.1) is 5.41 Å². The molecule has 2 N–H and O–H groups in total. The summed E-state index contributed by atoms with van der Waals surface area (Å²) in [6, 6.07) is 9.85. The second-order valence-electron chi connectivity index (χ2n) is 9.27. The van der Waals surface area contributed by atoms with E-state index < -0.39 is 5.41 Å². The van der Waals surface area contributed by atoms with Crippen molar-refractivity contribution in [1.82, 2.24) is 20.3 Å². The van der Waals surface area contributed by atoms with Crippen LogP contribution in [0.5, 0.6) is 5.75 Å². The fourth-order valence-electron chi connectivity index (χ4n) is 5.01. The van der Waals surface area contributed by atoms with Crippen LogP contribution in [0.4, 0.5) is 0 Å². The predicted octanol–water partition coefficient (Wildman–Crippen LogP) is 5.38. The molecular weight excluding hydrogens is 496 g/mol. The standard InChI is InChI=1S/C27H33ClN4O3S/c1-35-20-5-6-25-23(18-20)22(24(28)19-30-25)4-2-9-27(26(33)31-34)10-15-32(16-11-27)14-3-17-36-21-7-12-29-13-8-21/h5-8,12-13,18-19,34H,2-4,9-11,14-17H2,1H3,(H,31,33). The van der Waals surface area contributed by atoms with Crippen LogP contribution < -0.4 is 10.2 Å². The zero-order valence-corrected chi connectivity index (χ0v) is 22.2. The summed E-state index contributed by atoms with van der Waals surface area (Å²) in [5.74, 6) is 1.53. The van der Waals surface area contributed by atoms with Crippen molar-refractivity contribution in [2.45, 2.75) is 43.4 Å². The molecule has 1 aromatic carbocycles. The SMILES string of the molecule is COc1ccc2ncc(Cl)c(CCCC3(C(=O)NO)CCN(CCCSc4ccncc4)CC3)c2c1. The van der Waals surface area contributed by atoms with Gasteiger partial charge in [0.1, 0.15) is 5.75 Å². The highest BCUT2D eigenvalue weighted by molar-refractivity contribution is 7.99. The van der Waals surface area contributed by atoms with Crippen molar-refractivity contribution < 1.29 is 14.7 Å². The Balaban J connectivity index is 1.32. The number of methoxy groups -OCH3 is 1. The molecular formula is C27H33ClN4O3S. The molecule has 9 heteroatoms. The number of halogens is 1. The number of thioether (sulfide) groups is 1. The number of pyridine rings is 2. The fraction of sp³-hybridized carbons (Fsp3) is 0.444. The number of fused-ring (bicyclic) bond motifs is 1. The number of nitrogens with one attached hydrogen (secondary N) is 1. The first-order chi connectivity index (χ1) is 17.5. The third-order valence-electron chi connectivity index (χ3n) is 7.15. The normalized spacial score (nSPS) is 15.6. The first-order valence-electron chi connectivity index (χ1n) is 12.4. The highest BCUT2D eigenvalue weighted by Gasteiger charge is 2.40. The minimum atomic E-state index is -0.565. The van der Waals surface area contributed by atoms with E-state index >= 15 is 0 Å². The Morgan fingerprint density at radius 3 is 2.72 bits per heavy atom. The largest absolute Gasteiger partial charge is 0.497 e. The predicted molar refractivity (Wildman–Crippen MR) is 144 cm³/mol. The van der Waals surface area contributed by atoms with Gasteiger partial charge in [-0.3, -0.25) is 20.0 Å². The Hall–Kier alpha value is -2.39. The minimum absolute atomic E-state index is 0.275. The van der Waals surface area contributed by atoms with E-state index in [0.29, 0.717) is 11.4 Å². The van der Waals surface area contributed by atoms with Crippen LogP contribution in [0.25, 0.3) is 10.9 Å². The molecule has 2 aromatic heterocycles. The van der Waals surface area contributed by atoms with Crippen molar-refractivity contribution in [2.24, 2.45) is 5.41 Å². The summed E-state index contributed by atoms with van der Waals surface area (Å²) in [6.07, 6.45) is 10.1. The highest BCUT2D eigenvalue weighted by Crippen LogP contribution is 2.38. The number of piperidine rings is 1. The van der Waals surface area contributed by atoms with Gasteiger partial charge >= 0.3 is 0 Å². The van der Waals surface area contributed by atoms with Gasteiger partial charge in [-0.2, -0.15) is 0 Å². The Bertz CT molecular complexity index is 1160. The van der Waals surface area contributed by atoms with E-state index in [0.717, 1.165) is 79.7 Å². The third-order valence-corrected chi connectivity index (χ3v) is 8.57. The number of amides is 1. The monoisotopic (exact) mass is 528 g/mol. The average molecular weight is 529 g/mol. The van der Waals surface area contributed by atoms with Gasteiger partial charge in [0.15, 0.2) is 0 Å². The van der Waals surface area contributed by atoms with Crippen LogP contribution in [-0.2, 0) is 11.2 Å². The number of hydrogen-bond acceptors (Lipinski definition) is 7. The van der Waals surface area contributed by atoms with E-state index in [9.17, 15) is 10.0 Å². The van der Waals surface area contributed by atoms with Crippen LogP contribution in [0.15, 0.2) is 53.8 Å². The summed E-state index contributed by atoms with van der Waals surface area (Å²) in [4.78, 5) is 24.9. The number of nitrogens with zero attached hydrogens (tertiary/aromatic N) is 3. The van der Waals surface area contributed by atoms with Gasteiger partial charge in [0.2, 0.25) is 5.91 Å². The van der Waals surface area contributed by atoms with Crippen molar-refractivity contribution in [3.63, 3.8) is 0 Å². The molecule has 0 spiro atoms. The molecule has 1 saturated heterocycles. The number of carbonyl (C=O) groups is 1. The van der Waals surface area contributed by atoms with E-state index in [4.69, 9.17) is 16.3 Å². The Morgan fingerprint density at radius 2 is 2.00 bits per heavy atom. The molecule has 0 radical (unpaired) electrons. The quantitative estimate of drug-likeness (QED) is 0.149. The van der Waals surface area contributed by atoms with E-state index in [-0.39, 0.29) is 5.91 Å². The van der Waals surface area contributed by atoms with E-state index in [1.54, 1.807) is 13.3 Å². The maximum Gasteiger partial charge on any atom is 0.249 e. The van der Waals surface area contributed by atoms with Crippen molar-refractivity contribution in [3.05, 3.63) is 59.5 Å². The van der Waals surface area contributed by atoms with Gasteiger partial charge in [-0.15, -0.1) is 11.8 Å².